The summed E-state index contributed by atoms with van der Waals surface area (Å²) < 4.78 is 7.44. The maximum atomic E-state index is 11.7. The van der Waals surface area contributed by atoms with Gasteiger partial charge in [-0.05, 0) is 25.0 Å². The van der Waals surface area contributed by atoms with Crippen molar-refractivity contribution in [2.24, 2.45) is 0 Å². The first-order valence-corrected chi connectivity index (χ1v) is 9.64. The molecule has 4 heterocycles. The molecule has 0 saturated carbocycles. The van der Waals surface area contributed by atoms with E-state index in [1.807, 2.05) is 17.0 Å². The van der Waals surface area contributed by atoms with Crippen LogP contribution in [0.25, 0.3) is 11.2 Å². The van der Waals surface area contributed by atoms with Crippen LogP contribution >= 0.6 is 0 Å². The zero-order valence-electron chi connectivity index (χ0n) is 15.7. The molecule has 2 aliphatic heterocycles. The van der Waals surface area contributed by atoms with E-state index in [1.54, 1.807) is 6.33 Å². The van der Waals surface area contributed by atoms with Crippen LogP contribution in [0.1, 0.15) is 24.8 Å². The Kier molecular flexibility index (Phi) is 4.20. The molecule has 2 aliphatic rings. The number of hydrogen-bond donors (Lipinski definition) is 1. The molecule has 1 fully saturated rings. The van der Waals surface area contributed by atoms with E-state index < -0.39 is 0 Å². The lowest BCUT2D eigenvalue weighted by molar-refractivity contribution is -0.131. The second kappa shape index (κ2) is 6.87. The monoisotopic (exact) mass is 378 g/mol. The second-order valence-corrected chi connectivity index (χ2v) is 7.28. The number of nitrogens with one attached hydrogen (secondary N) is 1. The number of carbonyl (C=O) groups excluding carboxylic acids is 1. The van der Waals surface area contributed by atoms with Crippen LogP contribution in [-0.2, 0) is 16.1 Å². The van der Waals surface area contributed by atoms with Gasteiger partial charge in [-0.1, -0.05) is 18.2 Å². The highest BCUT2D eigenvalue weighted by molar-refractivity contribution is 5.87. The summed E-state index contributed by atoms with van der Waals surface area (Å²) in [5.74, 6) is 1.07. The van der Waals surface area contributed by atoms with Crippen molar-refractivity contribution in [3.63, 3.8) is 0 Å². The fourth-order valence-electron chi connectivity index (χ4n) is 4.27. The standard InChI is InChI=1S/C20H22N6O2/c1-2-25-12-23-18-19(25)21-11-22-20(18)26-8-13(15-5-3-4-6-16(15)26)7-14-9-28-10-17(27)24-14/h3-6,11-14H,2,7-10H2,1H3,(H,24,27). The molecule has 2 atom stereocenters. The summed E-state index contributed by atoms with van der Waals surface area (Å²) in [4.78, 5) is 27.5. The van der Waals surface area contributed by atoms with Crippen molar-refractivity contribution in [1.82, 2.24) is 24.8 Å². The Hall–Kier alpha value is -3.00. The third-order valence-electron chi connectivity index (χ3n) is 5.53. The molecule has 2 aromatic heterocycles. The van der Waals surface area contributed by atoms with Crippen LogP contribution in [-0.4, -0.2) is 51.2 Å². The number of amides is 1. The van der Waals surface area contributed by atoms with Crippen molar-refractivity contribution in [3.8, 4) is 0 Å². The van der Waals surface area contributed by atoms with E-state index in [4.69, 9.17) is 4.74 Å². The van der Waals surface area contributed by atoms with E-state index in [0.29, 0.717) is 6.61 Å². The summed E-state index contributed by atoms with van der Waals surface area (Å²) in [6.07, 6.45) is 4.25. The summed E-state index contributed by atoms with van der Waals surface area (Å²) in [5.41, 5.74) is 4.07. The molecule has 8 nitrogen and oxygen atoms in total. The van der Waals surface area contributed by atoms with Gasteiger partial charge in [0.25, 0.3) is 0 Å². The molecule has 1 aromatic carbocycles. The first-order valence-electron chi connectivity index (χ1n) is 9.64. The fraction of sp³-hybridized carbons (Fsp3) is 0.400. The fourth-order valence-corrected chi connectivity index (χ4v) is 4.27. The van der Waals surface area contributed by atoms with Gasteiger partial charge in [0.2, 0.25) is 5.91 Å². The van der Waals surface area contributed by atoms with Crippen LogP contribution < -0.4 is 10.2 Å². The van der Waals surface area contributed by atoms with Gasteiger partial charge < -0.3 is 19.5 Å². The maximum Gasteiger partial charge on any atom is 0.246 e. The number of hydrogen-bond acceptors (Lipinski definition) is 6. The minimum Gasteiger partial charge on any atom is -0.370 e. The van der Waals surface area contributed by atoms with E-state index >= 15 is 0 Å². The number of ether oxygens (including phenoxy) is 1. The van der Waals surface area contributed by atoms with Crippen LogP contribution in [0.5, 0.6) is 0 Å². The predicted octanol–water partition coefficient (Wildman–Crippen LogP) is 1.99. The summed E-state index contributed by atoms with van der Waals surface area (Å²) in [5, 5.41) is 3.05. The molecule has 1 saturated heterocycles. The number of aryl methyl sites for hydroxylation is 1. The Labute approximate surface area is 162 Å². The molecule has 0 radical (unpaired) electrons. The lowest BCUT2D eigenvalue weighted by Gasteiger charge is -2.26. The van der Waals surface area contributed by atoms with Gasteiger partial charge in [-0.15, -0.1) is 0 Å². The van der Waals surface area contributed by atoms with Gasteiger partial charge in [0.15, 0.2) is 17.0 Å². The number of para-hydroxylation sites is 1. The van der Waals surface area contributed by atoms with Gasteiger partial charge >= 0.3 is 0 Å². The molecule has 0 spiro atoms. The normalized spacial score (nSPS) is 21.8. The molecule has 3 aromatic rings. The summed E-state index contributed by atoms with van der Waals surface area (Å²) in [6, 6.07) is 8.42. The second-order valence-electron chi connectivity index (χ2n) is 7.28. The van der Waals surface area contributed by atoms with Gasteiger partial charge in [-0.25, -0.2) is 15.0 Å². The lowest BCUT2D eigenvalue weighted by atomic mass is 9.94. The number of aromatic nitrogens is 4. The van der Waals surface area contributed by atoms with Gasteiger partial charge in [-0.3, -0.25) is 4.79 Å². The van der Waals surface area contributed by atoms with E-state index in [0.717, 1.165) is 42.2 Å². The molecule has 28 heavy (non-hydrogen) atoms. The highest BCUT2D eigenvalue weighted by Gasteiger charge is 2.34. The van der Waals surface area contributed by atoms with Crippen LogP contribution in [0, 0.1) is 0 Å². The van der Waals surface area contributed by atoms with Crippen molar-refractivity contribution in [3.05, 3.63) is 42.5 Å². The van der Waals surface area contributed by atoms with E-state index in [2.05, 4.69) is 50.3 Å². The number of nitrogens with zero attached hydrogens (tertiary/aromatic N) is 5. The quantitative estimate of drug-likeness (QED) is 0.747. The van der Waals surface area contributed by atoms with Crippen molar-refractivity contribution in [1.29, 1.82) is 0 Å². The number of imidazole rings is 1. The number of morpholine rings is 1. The van der Waals surface area contributed by atoms with E-state index in [-0.39, 0.29) is 24.5 Å². The molecule has 0 aliphatic carbocycles. The summed E-state index contributed by atoms with van der Waals surface area (Å²) in [7, 11) is 0. The lowest BCUT2D eigenvalue weighted by Crippen LogP contribution is -2.46. The van der Waals surface area contributed by atoms with Gasteiger partial charge in [0, 0.05) is 24.7 Å². The molecule has 5 rings (SSSR count). The van der Waals surface area contributed by atoms with E-state index in [9.17, 15) is 4.79 Å². The number of anilines is 2. The van der Waals surface area contributed by atoms with Crippen molar-refractivity contribution >= 4 is 28.6 Å². The van der Waals surface area contributed by atoms with Crippen LogP contribution in [0.15, 0.2) is 36.9 Å². The number of rotatable bonds is 4. The van der Waals surface area contributed by atoms with Gasteiger partial charge in [0.05, 0.1) is 19.0 Å². The van der Waals surface area contributed by atoms with Crippen LogP contribution in [0.2, 0.25) is 0 Å². The largest absolute Gasteiger partial charge is 0.370 e. The molecule has 1 N–H and O–H groups in total. The maximum absolute atomic E-state index is 11.7. The number of benzene rings is 1. The van der Waals surface area contributed by atoms with Gasteiger partial charge in [-0.2, -0.15) is 0 Å². The summed E-state index contributed by atoms with van der Waals surface area (Å²) >= 11 is 0. The minimum absolute atomic E-state index is 0.0315. The Morgan fingerprint density at radius 1 is 1.25 bits per heavy atom. The highest BCUT2D eigenvalue weighted by Crippen LogP contribution is 2.43. The molecule has 1 amide bonds. The average Bonchev–Trinajstić information content (AvgIpc) is 3.30. The third-order valence-corrected chi connectivity index (χ3v) is 5.53. The number of fused-ring (bicyclic) bond motifs is 2. The van der Waals surface area contributed by atoms with E-state index in [1.165, 1.54) is 5.56 Å². The third kappa shape index (κ3) is 2.80. The Balaban J connectivity index is 1.50. The SMILES string of the molecule is CCn1cnc2c(N3CC(CC4COCC(=O)N4)c4ccccc43)ncnc21. The Morgan fingerprint density at radius 3 is 3.00 bits per heavy atom. The van der Waals surface area contributed by atoms with Crippen LogP contribution in [0.4, 0.5) is 11.5 Å². The van der Waals surface area contributed by atoms with Crippen molar-refractivity contribution < 1.29 is 9.53 Å². The molecular weight excluding hydrogens is 356 g/mol. The highest BCUT2D eigenvalue weighted by atomic mass is 16.5. The molecule has 144 valence electrons. The molecule has 0 bridgehead atoms. The zero-order valence-corrected chi connectivity index (χ0v) is 15.7. The summed E-state index contributed by atoms with van der Waals surface area (Å²) in [6.45, 7) is 4.39. The van der Waals surface area contributed by atoms with Crippen LogP contribution in [0.3, 0.4) is 0 Å². The predicted molar refractivity (Wildman–Crippen MR) is 105 cm³/mol. The number of carbonyl (C=O) groups is 1. The first kappa shape index (κ1) is 17.1. The van der Waals surface area contributed by atoms with Gasteiger partial charge in [0.1, 0.15) is 12.9 Å². The minimum atomic E-state index is -0.0398. The average molecular weight is 378 g/mol. The molecular formula is C20H22N6O2. The topological polar surface area (TPSA) is 85.2 Å². The molecule has 2 unspecified atom stereocenters. The first-order chi connectivity index (χ1) is 13.7. The zero-order chi connectivity index (χ0) is 19.1. The Morgan fingerprint density at radius 2 is 2.14 bits per heavy atom. The molecule has 8 heteroatoms. The smallest absolute Gasteiger partial charge is 0.246 e. The Bertz CT molecular complexity index is 1030. The van der Waals surface area contributed by atoms with Crippen molar-refractivity contribution in [2.45, 2.75) is 31.8 Å². The van der Waals surface area contributed by atoms with Crippen molar-refractivity contribution in [2.75, 3.05) is 24.7 Å².